The van der Waals surface area contributed by atoms with E-state index >= 15 is 0 Å². The molecule has 0 fully saturated rings. The molecule has 4 nitrogen and oxygen atoms in total. The topological polar surface area (TPSA) is 87.2 Å². The second-order valence-corrected chi connectivity index (χ2v) is 3.10. The van der Waals surface area contributed by atoms with Gasteiger partial charge in [-0.15, -0.1) is 0 Å². The highest BCUT2D eigenvalue weighted by molar-refractivity contribution is 6.03. The lowest BCUT2D eigenvalue weighted by atomic mass is 10.0. The molecule has 0 aliphatic carbocycles. The smallest absolute Gasteiger partial charge is 0.303 e. The van der Waals surface area contributed by atoms with E-state index in [-0.39, 0.29) is 24.2 Å². The molecule has 0 saturated carbocycles. The highest BCUT2D eigenvalue weighted by Crippen LogP contribution is 2.15. The van der Waals surface area contributed by atoms with Crippen LogP contribution in [-0.4, -0.2) is 16.8 Å². The Kier molecular flexibility index (Phi) is 3.38. The van der Waals surface area contributed by atoms with Crippen LogP contribution in [0.1, 0.15) is 18.4 Å². The number of hydrogen-bond acceptors (Lipinski definition) is 3. The van der Waals surface area contributed by atoms with Crippen molar-refractivity contribution < 1.29 is 14.3 Å². The zero-order valence-corrected chi connectivity index (χ0v) is 7.96. The zero-order valence-electron chi connectivity index (χ0n) is 7.96. The fourth-order valence-electron chi connectivity index (χ4n) is 1.18. The Balaban J connectivity index is 2.78. The SMILES string of the molecule is N=C(CCC(=O)O)c1ccc(F)cc1N. The molecule has 1 aromatic carbocycles. The van der Waals surface area contributed by atoms with E-state index in [1.807, 2.05) is 0 Å². The van der Waals surface area contributed by atoms with Gasteiger partial charge in [0.05, 0.1) is 6.42 Å². The van der Waals surface area contributed by atoms with E-state index in [4.69, 9.17) is 16.2 Å². The molecule has 0 saturated heterocycles. The van der Waals surface area contributed by atoms with Crippen LogP contribution >= 0.6 is 0 Å². The van der Waals surface area contributed by atoms with Crippen LogP contribution in [-0.2, 0) is 4.79 Å². The predicted octanol–water partition coefficient (Wildman–Crippen LogP) is 1.64. The predicted molar refractivity (Wildman–Crippen MR) is 54.5 cm³/mol. The molecule has 0 heterocycles. The number of rotatable bonds is 4. The molecule has 15 heavy (non-hydrogen) atoms. The second-order valence-electron chi connectivity index (χ2n) is 3.10. The van der Waals surface area contributed by atoms with Gasteiger partial charge in [-0.2, -0.15) is 0 Å². The molecule has 1 rings (SSSR count). The van der Waals surface area contributed by atoms with Crippen LogP contribution in [0.2, 0.25) is 0 Å². The van der Waals surface area contributed by atoms with Gasteiger partial charge in [0, 0.05) is 23.4 Å². The van der Waals surface area contributed by atoms with Crippen LogP contribution in [0.25, 0.3) is 0 Å². The van der Waals surface area contributed by atoms with Gasteiger partial charge in [-0.1, -0.05) is 0 Å². The minimum absolute atomic E-state index is 0.0885. The molecule has 0 radical (unpaired) electrons. The number of hydrogen-bond donors (Lipinski definition) is 3. The third-order valence-electron chi connectivity index (χ3n) is 1.93. The summed E-state index contributed by atoms with van der Waals surface area (Å²) in [6.45, 7) is 0. The van der Waals surface area contributed by atoms with Crippen molar-refractivity contribution in [2.24, 2.45) is 0 Å². The molecule has 4 N–H and O–H groups in total. The largest absolute Gasteiger partial charge is 0.481 e. The van der Waals surface area contributed by atoms with E-state index in [0.717, 1.165) is 6.07 Å². The van der Waals surface area contributed by atoms with Gasteiger partial charge < -0.3 is 16.2 Å². The van der Waals surface area contributed by atoms with E-state index in [1.54, 1.807) is 0 Å². The van der Waals surface area contributed by atoms with Crippen LogP contribution in [0.4, 0.5) is 10.1 Å². The Bertz CT molecular complexity index is 404. The number of nitrogens with one attached hydrogen (secondary N) is 1. The maximum Gasteiger partial charge on any atom is 0.303 e. The van der Waals surface area contributed by atoms with Crippen molar-refractivity contribution in [1.82, 2.24) is 0 Å². The number of nitrogens with two attached hydrogens (primary N) is 1. The number of nitrogen functional groups attached to an aromatic ring is 1. The van der Waals surface area contributed by atoms with Gasteiger partial charge in [-0.05, 0) is 18.2 Å². The van der Waals surface area contributed by atoms with Crippen molar-refractivity contribution >= 4 is 17.4 Å². The van der Waals surface area contributed by atoms with Crippen molar-refractivity contribution in [3.05, 3.63) is 29.6 Å². The first-order valence-corrected chi connectivity index (χ1v) is 4.35. The first kappa shape index (κ1) is 11.2. The first-order chi connectivity index (χ1) is 7.00. The first-order valence-electron chi connectivity index (χ1n) is 4.35. The van der Waals surface area contributed by atoms with Crippen LogP contribution in [0, 0.1) is 11.2 Å². The van der Waals surface area contributed by atoms with E-state index < -0.39 is 11.8 Å². The average Bonchev–Trinajstić information content (AvgIpc) is 2.14. The van der Waals surface area contributed by atoms with Gasteiger partial charge in [0.2, 0.25) is 0 Å². The number of carbonyl (C=O) groups is 1. The highest BCUT2D eigenvalue weighted by atomic mass is 19.1. The normalized spacial score (nSPS) is 9.93. The molecular formula is C10H11FN2O2. The van der Waals surface area contributed by atoms with Gasteiger partial charge in [-0.3, -0.25) is 4.79 Å². The molecule has 0 aromatic heterocycles. The Morgan fingerprint density at radius 1 is 1.47 bits per heavy atom. The van der Waals surface area contributed by atoms with Crippen molar-refractivity contribution in [2.45, 2.75) is 12.8 Å². The molecule has 0 aliphatic rings. The van der Waals surface area contributed by atoms with Crippen LogP contribution in [0.15, 0.2) is 18.2 Å². The highest BCUT2D eigenvalue weighted by Gasteiger charge is 2.08. The minimum Gasteiger partial charge on any atom is -0.481 e. The maximum absolute atomic E-state index is 12.7. The van der Waals surface area contributed by atoms with Crippen LogP contribution in [0.3, 0.4) is 0 Å². The summed E-state index contributed by atoms with van der Waals surface area (Å²) in [7, 11) is 0. The third kappa shape index (κ3) is 3.05. The summed E-state index contributed by atoms with van der Waals surface area (Å²) >= 11 is 0. The summed E-state index contributed by atoms with van der Waals surface area (Å²) < 4.78 is 12.7. The Morgan fingerprint density at radius 2 is 2.13 bits per heavy atom. The lowest BCUT2D eigenvalue weighted by Crippen LogP contribution is -2.07. The summed E-state index contributed by atoms with van der Waals surface area (Å²) in [6, 6.07) is 3.69. The standard InChI is InChI=1S/C10H11FN2O2/c11-6-1-2-7(9(13)5-6)8(12)3-4-10(14)15/h1-2,5,12H,3-4,13H2,(H,14,15). The molecule has 80 valence electrons. The number of anilines is 1. The third-order valence-corrected chi connectivity index (χ3v) is 1.93. The fourth-order valence-corrected chi connectivity index (χ4v) is 1.18. The minimum atomic E-state index is -0.972. The lowest BCUT2D eigenvalue weighted by Gasteiger charge is -2.06. The Morgan fingerprint density at radius 3 is 2.67 bits per heavy atom. The molecule has 0 spiro atoms. The molecular weight excluding hydrogens is 199 g/mol. The van der Waals surface area contributed by atoms with E-state index in [1.165, 1.54) is 12.1 Å². The summed E-state index contributed by atoms with van der Waals surface area (Å²) in [6.07, 6.45) is -0.0409. The molecule has 0 amide bonds. The van der Waals surface area contributed by atoms with Crippen LogP contribution < -0.4 is 5.73 Å². The van der Waals surface area contributed by atoms with Gasteiger partial charge in [0.15, 0.2) is 0 Å². The van der Waals surface area contributed by atoms with E-state index in [0.29, 0.717) is 5.56 Å². The van der Waals surface area contributed by atoms with E-state index in [2.05, 4.69) is 0 Å². The van der Waals surface area contributed by atoms with Crippen molar-refractivity contribution in [3.8, 4) is 0 Å². The lowest BCUT2D eigenvalue weighted by molar-refractivity contribution is -0.136. The summed E-state index contributed by atoms with van der Waals surface area (Å²) in [5, 5.41) is 16.0. The number of benzene rings is 1. The monoisotopic (exact) mass is 210 g/mol. The van der Waals surface area contributed by atoms with Gasteiger partial charge >= 0.3 is 5.97 Å². The van der Waals surface area contributed by atoms with Crippen molar-refractivity contribution in [2.75, 3.05) is 5.73 Å². The van der Waals surface area contributed by atoms with Gasteiger partial charge in [0.25, 0.3) is 0 Å². The van der Waals surface area contributed by atoms with Crippen molar-refractivity contribution in [3.63, 3.8) is 0 Å². The summed E-state index contributed by atoms with van der Waals surface area (Å²) in [5.41, 5.74) is 6.15. The number of carboxylic acid groups (broad SMARTS) is 1. The van der Waals surface area contributed by atoms with Gasteiger partial charge in [0.1, 0.15) is 5.82 Å². The summed E-state index contributed by atoms with van der Waals surface area (Å²) in [4.78, 5) is 10.3. The molecule has 1 aromatic rings. The fraction of sp³-hybridized carbons (Fsp3) is 0.200. The average molecular weight is 210 g/mol. The second kappa shape index (κ2) is 4.54. The van der Waals surface area contributed by atoms with E-state index in [9.17, 15) is 9.18 Å². The number of halogens is 1. The van der Waals surface area contributed by atoms with Crippen molar-refractivity contribution in [1.29, 1.82) is 5.41 Å². The quantitative estimate of drug-likeness (QED) is 0.521. The molecule has 5 heteroatoms. The van der Waals surface area contributed by atoms with Crippen LogP contribution in [0.5, 0.6) is 0 Å². The molecule has 0 atom stereocenters. The molecule has 0 unspecified atom stereocenters. The zero-order chi connectivity index (χ0) is 11.4. The Hall–Kier alpha value is -1.91. The molecule has 0 aliphatic heterocycles. The van der Waals surface area contributed by atoms with Gasteiger partial charge in [-0.25, -0.2) is 4.39 Å². The number of carboxylic acids is 1. The summed E-state index contributed by atoms with van der Waals surface area (Å²) in [5.74, 6) is -1.44. The maximum atomic E-state index is 12.7. The molecule has 0 bridgehead atoms. The Labute approximate surface area is 86.0 Å². The number of aliphatic carboxylic acids is 1.